The van der Waals surface area contributed by atoms with E-state index in [2.05, 4.69) is 0 Å². The summed E-state index contributed by atoms with van der Waals surface area (Å²) in [6, 6.07) is 15.7. The minimum absolute atomic E-state index is 0.161. The summed E-state index contributed by atoms with van der Waals surface area (Å²) in [5, 5.41) is 0. The molecule has 0 bridgehead atoms. The lowest BCUT2D eigenvalue weighted by atomic mass is 9.92. The monoisotopic (exact) mass is 561 g/mol. The molecule has 1 heterocycles. The van der Waals surface area contributed by atoms with E-state index in [0.29, 0.717) is 53.9 Å². The third kappa shape index (κ3) is 6.74. The Morgan fingerprint density at radius 1 is 0.854 bits per heavy atom. The average Bonchev–Trinajstić information content (AvgIpc) is 3.01. The van der Waals surface area contributed by atoms with E-state index in [9.17, 15) is 9.59 Å². The first kappa shape index (κ1) is 29.3. The topological polar surface area (TPSA) is 92.8 Å². The van der Waals surface area contributed by atoms with Gasteiger partial charge in [0.05, 0.1) is 46.7 Å². The summed E-state index contributed by atoms with van der Waals surface area (Å²) in [4.78, 5) is 27.4. The Morgan fingerprint density at radius 3 is 2.17 bits per heavy atom. The maximum absolute atomic E-state index is 13.6. The van der Waals surface area contributed by atoms with Gasteiger partial charge in [-0.1, -0.05) is 6.07 Å². The number of fused-ring (bicyclic) bond motifs is 1. The quantitative estimate of drug-likeness (QED) is 0.235. The van der Waals surface area contributed by atoms with Gasteiger partial charge < -0.3 is 33.3 Å². The molecule has 9 heteroatoms. The molecule has 4 rings (SSSR count). The third-order valence-corrected chi connectivity index (χ3v) is 6.89. The van der Waals surface area contributed by atoms with Crippen molar-refractivity contribution in [3.63, 3.8) is 0 Å². The first-order valence-corrected chi connectivity index (χ1v) is 13.3. The number of rotatable bonds is 11. The Balaban J connectivity index is 1.60. The molecule has 1 amide bonds. The molecule has 0 radical (unpaired) electrons. The predicted molar refractivity (Wildman–Crippen MR) is 154 cm³/mol. The number of benzene rings is 3. The normalized spacial score (nSPS) is 14.3. The predicted octanol–water partition coefficient (Wildman–Crippen LogP) is 5.12. The molecule has 216 valence electrons. The molecule has 1 aliphatic heterocycles. The molecule has 0 saturated carbocycles. The lowest BCUT2D eigenvalue weighted by molar-refractivity contribution is -0.129. The van der Waals surface area contributed by atoms with Crippen LogP contribution in [0.5, 0.6) is 28.7 Å². The summed E-state index contributed by atoms with van der Waals surface area (Å²) >= 11 is 0. The fourth-order valence-electron chi connectivity index (χ4n) is 4.77. The minimum atomic E-state index is -0.397. The van der Waals surface area contributed by atoms with E-state index in [4.69, 9.17) is 28.4 Å². The summed E-state index contributed by atoms with van der Waals surface area (Å²) < 4.78 is 33.0. The summed E-state index contributed by atoms with van der Waals surface area (Å²) in [7, 11) is 6.33. The number of methoxy groups -OCH3 is 4. The third-order valence-electron chi connectivity index (χ3n) is 6.89. The van der Waals surface area contributed by atoms with Crippen LogP contribution in [0.15, 0.2) is 60.7 Å². The summed E-state index contributed by atoms with van der Waals surface area (Å²) in [6.07, 6.45) is 3.95. The van der Waals surface area contributed by atoms with Crippen LogP contribution in [0, 0.1) is 0 Å². The molecule has 0 aliphatic carbocycles. The first-order chi connectivity index (χ1) is 19.9. The molecule has 0 unspecified atom stereocenters. The summed E-state index contributed by atoms with van der Waals surface area (Å²) in [5.74, 6) is 2.42. The van der Waals surface area contributed by atoms with Crippen LogP contribution in [0.1, 0.15) is 40.0 Å². The average molecular weight is 562 g/mol. The van der Waals surface area contributed by atoms with Crippen molar-refractivity contribution >= 4 is 18.0 Å². The van der Waals surface area contributed by atoms with Gasteiger partial charge in [-0.2, -0.15) is 0 Å². The highest BCUT2D eigenvalue weighted by Crippen LogP contribution is 2.38. The Labute approximate surface area is 240 Å². The van der Waals surface area contributed by atoms with Gasteiger partial charge in [0.2, 0.25) is 5.91 Å². The van der Waals surface area contributed by atoms with Crippen LogP contribution in [-0.2, 0) is 16.0 Å². The lowest BCUT2D eigenvalue weighted by Gasteiger charge is -2.37. The van der Waals surface area contributed by atoms with Gasteiger partial charge in [-0.25, -0.2) is 4.79 Å². The number of carbonyl (C=O) groups excluding carboxylic acids is 2. The standard InChI is InChI=1S/C32H35NO8/c1-6-40-32(35)22-9-11-24(12-10-22)41-20-26-25-19-30(39-5)29(38-4)18-23(25)15-16-33(26)31(34)14-8-21-7-13-27(36-2)28(17-21)37-3/h7-14,17-19,26H,6,15-16,20H2,1-5H3/b14-8+/t26-/m1/s1. The van der Waals surface area contributed by atoms with Crippen molar-refractivity contribution < 1.29 is 38.0 Å². The molecule has 41 heavy (non-hydrogen) atoms. The van der Waals surface area contributed by atoms with E-state index in [-0.39, 0.29) is 18.5 Å². The highest BCUT2D eigenvalue weighted by atomic mass is 16.5. The van der Waals surface area contributed by atoms with Gasteiger partial charge in [0, 0.05) is 12.6 Å². The molecular formula is C32H35NO8. The molecule has 0 aromatic heterocycles. The van der Waals surface area contributed by atoms with Gasteiger partial charge in [0.1, 0.15) is 12.4 Å². The molecular weight excluding hydrogens is 526 g/mol. The van der Waals surface area contributed by atoms with Crippen molar-refractivity contribution in [3.05, 3.63) is 82.9 Å². The number of ether oxygens (including phenoxy) is 6. The van der Waals surface area contributed by atoms with Crippen molar-refractivity contribution in [1.82, 2.24) is 4.90 Å². The van der Waals surface area contributed by atoms with E-state index < -0.39 is 6.04 Å². The number of carbonyl (C=O) groups is 2. The fraction of sp³-hybridized carbons (Fsp3) is 0.312. The molecule has 1 atom stereocenters. The zero-order valence-corrected chi connectivity index (χ0v) is 24.0. The highest BCUT2D eigenvalue weighted by Gasteiger charge is 2.32. The van der Waals surface area contributed by atoms with Crippen molar-refractivity contribution in [2.24, 2.45) is 0 Å². The number of esters is 1. The van der Waals surface area contributed by atoms with Crippen LogP contribution < -0.4 is 23.7 Å². The maximum atomic E-state index is 13.6. The molecule has 9 nitrogen and oxygen atoms in total. The van der Waals surface area contributed by atoms with Gasteiger partial charge in [0.25, 0.3) is 0 Å². The Kier molecular flexibility index (Phi) is 9.73. The first-order valence-electron chi connectivity index (χ1n) is 13.3. The van der Waals surface area contributed by atoms with Crippen molar-refractivity contribution in [1.29, 1.82) is 0 Å². The van der Waals surface area contributed by atoms with Crippen LogP contribution >= 0.6 is 0 Å². The molecule has 3 aromatic rings. The van der Waals surface area contributed by atoms with Gasteiger partial charge in [-0.3, -0.25) is 4.79 Å². The van der Waals surface area contributed by atoms with Crippen LogP contribution in [0.4, 0.5) is 0 Å². The smallest absolute Gasteiger partial charge is 0.338 e. The van der Waals surface area contributed by atoms with Crippen molar-refractivity contribution in [2.75, 3.05) is 48.2 Å². The number of hydrogen-bond acceptors (Lipinski definition) is 8. The second-order valence-electron chi connectivity index (χ2n) is 9.21. The second-order valence-corrected chi connectivity index (χ2v) is 9.21. The van der Waals surface area contributed by atoms with Crippen LogP contribution in [-0.4, -0.2) is 65.0 Å². The molecule has 0 spiro atoms. The molecule has 0 fully saturated rings. The Hall–Kier alpha value is -4.66. The summed E-state index contributed by atoms with van der Waals surface area (Å²) in [5.41, 5.74) is 3.22. The molecule has 0 saturated heterocycles. The fourth-order valence-corrected chi connectivity index (χ4v) is 4.77. The van der Waals surface area contributed by atoms with Crippen LogP contribution in [0.2, 0.25) is 0 Å². The van der Waals surface area contributed by atoms with Gasteiger partial charge in [0.15, 0.2) is 23.0 Å². The van der Waals surface area contributed by atoms with E-state index >= 15 is 0 Å². The molecule has 3 aromatic carbocycles. The van der Waals surface area contributed by atoms with E-state index in [1.807, 2.05) is 24.3 Å². The van der Waals surface area contributed by atoms with E-state index in [1.165, 1.54) is 0 Å². The highest BCUT2D eigenvalue weighted by molar-refractivity contribution is 5.92. The van der Waals surface area contributed by atoms with E-state index in [0.717, 1.165) is 16.7 Å². The molecule has 1 aliphatic rings. The zero-order valence-electron chi connectivity index (χ0n) is 24.0. The van der Waals surface area contributed by atoms with Crippen LogP contribution in [0.25, 0.3) is 6.08 Å². The summed E-state index contributed by atoms with van der Waals surface area (Å²) in [6.45, 7) is 2.75. The van der Waals surface area contributed by atoms with Crippen LogP contribution in [0.3, 0.4) is 0 Å². The number of amides is 1. The number of nitrogens with zero attached hydrogens (tertiary/aromatic N) is 1. The zero-order chi connectivity index (χ0) is 29.4. The minimum Gasteiger partial charge on any atom is -0.493 e. The molecule has 0 N–H and O–H groups in total. The lowest BCUT2D eigenvalue weighted by Crippen LogP contribution is -2.41. The van der Waals surface area contributed by atoms with Gasteiger partial charge >= 0.3 is 5.97 Å². The largest absolute Gasteiger partial charge is 0.493 e. The van der Waals surface area contributed by atoms with Crippen molar-refractivity contribution in [3.8, 4) is 28.7 Å². The second kappa shape index (κ2) is 13.6. The van der Waals surface area contributed by atoms with Gasteiger partial charge in [-0.15, -0.1) is 0 Å². The number of hydrogen-bond donors (Lipinski definition) is 0. The maximum Gasteiger partial charge on any atom is 0.338 e. The van der Waals surface area contributed by atoms with E-state index in [1.54, 1.807) is 82.7 Å². The SMILES string of the molecule is CCOC(=O)c1ccc(OC[C@@H]2c3cc(OC)c(OC)cc3CCN2C(=O)/C=C/c2ccc(OC)c(OC)c2)cc1. The van der Waals surface area contributed by atoms with Crippen molar-refractivity contribution in [2.45, 2.75) is 19.4 Å². The Morgan fingerprint density at radius 2 is 1.51 bits per heavy atom. The Bertz CT molecular complexity index is 1400. The van der Waals surface area contributed by atoms with Gasteiger partial charge in [-0.05, 0) is 84.6 Å².